The maximum Gasteiger partial charge on any atom is 0.0165 e. The van der Waals surface area contributed by atoms with E-state index >= 15 is 0 Å². The van der Waals surface area contributed by atoms with Gasteiger partial charge in [-0.3, -0.25) is 0 Å². The fourth-order valence-electron chi connectivity index (χ4n) is 6.75. The van der Waals surface area contributed by atoms with E-state index in [1.807, 2.05) is 0 Å². The summed E-state index contributed by atoms with van der Waals surface area (Å²) < 4.78 is 0. The average Bonchev–Trinajstić information content (AvgIpc) is 3.13. The molecule has 164 valence electrons. The highest BCUT2D eigenvalue weighted by Crippen LogP contribution is 2.52. The van der Waals surface area contributed by atoms with Gasteiger partial charge in [0, 0.05) is 5.41 Å². The maximum absolute atomic E-state index is 2.45. The van der Waals surface area contributed by atoms with Crippen LogP contribution < -0.4 is 0 Å². The van der Waals surface area contributed by atoms with Crippen LogP contribution in [-0.4, -0.2) is 0 Å². The number of benzene rings is 7. The molecular formula is C35H24. The van der Waals surface area contributed by atoms with E-state index in [9.17, 15) is 0 Å². The summed E-state index contributed by atoms with van der Waals surface area (Å²) in [6.45, 7) is 4.77. The van der Waals surface area contributed by atoms with Gasteiger partial charge in [0.05, 0.1) is 0 Å². The standard InChI is InChI=1S/C35H24/c1-35(2)31-20-25(15-17-28(31)30-19-12-21-6-3-4-9-27(21)34(30)35)26-16-13-24-11-10-22-7-5-8-23-14-18-29(26)33(24)32(22)23/h3-20H,1-2H3. The summed E-state index contributed by atoms with van der Waals surface area (Å²) >= 11 is 0. The summed E-state index contributed by atoms with van der Waals surface area (Å²) in [5.41, 5.74) is 8.20. The van der Waals surface area contributed by atoms with Crippen molar-refractivity contribution in [3.05, 3.63) is 120 Å². The van der Waals surface area contributed by atoms with Gasteiger partial charge in [-0.15, -0.1) is 0 Å². The predicted octanol–water partition coefficient (Wildman–Crippen LogP) is 9.71. The summed E-state index contributed by atoms with van der Waals surface area (Å²) in [6, 6.07) is 40.9. The zero-order valence-corrected chi connectivity index (χ0v) is 19.9. The third kappa shape index (κ3) is 2.42. The number of rotatable bonds is 1. The van der Waals surface area contributed by atoms with Gasteiger partial charge in [-0.2, -0.15) is 0 Å². The van der Waals surface area contributed by atoms with E-state index in [1.54, 1.807) is 0 Å². The molecule has 0 bridgehead atoms. The van der Waals surface area contributed by atoms with Gasteiger partial charge < -0.3 is 0 Å². The lowest BCUT2D eigenvalue weighted by Gasteiger charge is -2.24. The molecule has 0 aliphatic heterocycles. The summed E-state index contributed by atoms with van der Waals surface area (Å²) in [6.07, 6.45) is 0. The Morgan fingerprint density at radius 1 is 0.457 bits per heavy atom. The lowest BCUT2D eigenvalue weighted by atomic mass is 9.79. The summed E-state index contributed by atoms with van der Waals surface area (Å²) in [7, 11) is 0. The molecule has 1 aliphatic carbocycles. The van der Waals surface area contributed by atoms with E-state index in [4.69, 9.17) is 0 Å². The lowest BCUT2D eigenvalue weighted by molar-refractivity contribution is 0.666. The van der Waals surface area contributed by atoms with Crippen LogP contribution >= 0.6 is 0 Å². The molecule has 0 spiro atoms. The molecule has 8 rings (SSSR count). The first kappa shape index (κ1) is 19.2. The van der Waals surface area contributed by atoms with Crippen molar-refractivity contribution in [2.75, 3.05) is 0 Å². The number of hydrogen-bond acceptors (Lipinski definition) is 0. The molecule has 1 aliphatic rings. The van der Waals surface area contributed by atoms with Crippen molar-refractivity contribution in [1.82, 2.24) is 0 Å². The second-order valence-corrected chi connectivity index (χ2v) is 10.6. The molecule has 0 saturated carbocycles. The van der Waals surface area contributed by atoms with Crippen LogP contribution in [0.2, 0.25) is 0 Å². The summed E-state index contributed by atoms with van der Waals surface area (Å²) in [4.78, 5) is 0. The second-order valence-electron chi connectivity index (χ2n) is 10.6. The van der Waals surface area contributed by atoms with Gasteiger partial charge in [0.2, 0.25) is 0 Å². The zero-order valence-electron chi connectivity index (χ0n) is 19.9. The Morgan fingerprint density at radius 3 is 1.94 bits per heavy atom. The van der Waals surface area contributed by atoms with Crippen LogP contribution in [0.15, 0.2) is 109 Å². The van der Waals surface area contributed by atoms with Crippen LogP contribution in [-0.2, 0) is 5.41 Å². The fourth-order valence-corrected chi connectivity index (χ4v) is 6.75. The van der Waals surface area contributed by atoms with E-state index < -0.39 is 0 Å². The van der Waals surface area contributed by atoms with Gasteiger partial charge in [0.15, 0.2) is 0 Å². The Kier molecular flexibility index (Phi) is 3.56. The Labute approximate surface area is 204 Å². The van der Waals surface area contributed by atoms with E-state index in [2.05, 4.69) is 123 Å². The second kappa shape index (κ2) is 6.49. The van der Waals surface area contributed by atoms with Crippen LogP contribution in [0.1, 0.15) is 25.0 Å². The molecule has 0 N–H and O–H groups in total. The van der Waals surface area contributed by atoms with Crippen molar-refractivity contribution < 1.29 is 0 Å². The topological polar surface area (TPSA) is 0 Å². The van der Waals surface area contributed by atoms with Crippen molar-refractivity contribution >= 4 is 43.1 Å². The van der Waals surface area contributed by atoms with E-state index in [0.717, 1.165) is 0 Å². The Morgan fingerprint density at radius 2 is 1.09 bits per heavy atom. The van der Waals surface area contributed by atoms with Gasteiger partial charge in [-0.1, -0.05) is 117 Å². The van der Waals surface area contributed by atoms with Crippen molar-refractivity contribution in [2.45, 2.75) is 19.3 Å². The van der Waals surface area contributed by atoms with Gasteiger partial charge in [-0.05, 0) is 82.5 Å². The molecule has 0 aromatic heterocycles. The average molecular weight is 445 g/mol. The molecule has 7 aromatic carbocycles. The van der Waals surface area contributed by atoms with Crippen LogP contribution in [0.4, 0.5) is 0 Å². The summed E-state index contributed by atoms with van der Waals surface area (Å²) in [5, 5.41) is 10.7. The Balaban J connectivity index is 1.40. The largest absolute Gasteiger partial charge is 0.0616 e. The molecule has 35 heavy (non-hydrogen) atoms. The molecule has 0 saturated heterocycles. The van der Waals surface area contributed by atoms with Gasteiger partial charge in [0.1, 0.15) is 0 Å². The highest BCUT2D eigenvalue weighted by molar-refractivity contribution is 6.25. The molecule has 0 heterocycles. The monoisotopic (exact) mass is 444 g/mol. The number of fused-ring (bicyclic) bond motifs is 5. The van der Waals surface area contributed by atoms with Crippen molar-refractivity contribution in [2.24, 2.45) is 0 Å². The maximum atomic E-state index is 2.45. The zero-order chi connectivity index (χ0) is 23.3. The number of hydrogen-bond donors (Lipinski definition) is 0. The highest BCUT2D eigenvalue weighted by atomic mass is 14.4. The van der Waals surface area contributed by atoms with Crippen molar-refractivity contribution in [1.29, 1.82) is 0 Å². The first-order valence-corrected chi connectivity index (χ1v) is 12.5. The normalized spacial score (nSPS) is 14.2. The van der Waals surface area contributed by atoms with E-state index in [0.29, 0.717) is 0 Å². The molecule has 0 nitrogen and oxygen atoms in total. The molecule has 0 unspecified atom stereocenters. The smallest absolute Gasteiger partial charge is 0.0165 e. The lowest BCUT2D eigenvalue weighted by Crippen LogP contribution is -2.15. The molecule has 0 atom stereocenters. The van der Waals surface area contributed by atoms with Gasteiger partial charge in [-0.25, -0.2) is 0 Å². The first-order chi connectivity index (χ1) is 17.1. The minimum Gasteiger partial charge on any atom is -0.0616 e. The highest BCUT2D eigenvalue weighted by Gasteiger charge is 2.37. The summed E-state index contributed by atoms with van der Waals surface area (Å²) in [5.74, 6) is 0. The van der Waals surface area contributed by atoms with Crippen LogP contribution in [0.5, 0.6) is 0 Å². The van der Waals surface area contributed by atoms with Crippen LogP contribution in [0.25, 0.3) is 65.3 Å². The van der Waals surface area contributed by atoms with Gasteiger partial charge in [0.25, 0.3) is 0 Å². The Bertz CT molecular complexity index is 1950. The van der Waals surface area contributed by atoms with Crippen LogP contribution in [0.3, 0.4) is 0 Å². The molecule has 7 aromatic rings. The molecule has 0 heteroatoms. The van der Waals surface area contributed by atoms with E-state index in [-0.39, 0.29) is 5.41 Å². The SMILES string of the molecule is CC1(C)c2cc(-c3ccc4ccc5cccc6ccc3c4c56)ccc2-c2ccc3ccccc3c21. The quantitative estimate of drug-likeness (QED) is 0.221. The molecule has 0 fully saturated rings. The van der Waals surface area contributed by atoms with E-state index in [1.165, 1.54) is 76.5 Å². The first-order valence-electron chi connectivity index (χ1n) is 12.5. The molecular weight excluding hydrogens is 420 g/mol. The third-order valence-electron chi connectivity index (χ3n) is 8.38. The fraction of sp³-hybridized carbons (Fsp3) is 0.0857. The van der Waals surface area contributed by atoms with Crippen LogP contribution in [0, 0.1) is 0 Å². The minimum atomic E-state index is -0.0503. The predicted molar refractivity (Wildman–Crippen MR) is 151 cm³/mol. The minimum absolute atomic E-state index is 0.0503. The third-order valence-corrected chi connectivity index (χ3v) is 8.38. The van der Waals surface area contributed by atoms with Crippen molar-refractivity contribution in [3.63, 3.8) is 0 Å². The Hall–Kier alpha value is -4.16. The molecule has 0 amide bonds. The van der Waals surface area contributed by atoms with Crippen molar-refractivity contribution in [3.8, 4) is 22.3 Å². The molecule has 0 radical (unpaired) electrons. The van der Waals surface area contributed by atoms with Gasteiger partial charge >= 0.3 is 0 Å².